The van der Waals surface area contributed by atoms with Gasteiger partial charge in [0.1, 0.15) is 0 Å². The van der Waals surface area contributed by atoms with E-state index in [9.17, 15) is 0 Å². The molecular formula is C63H56N4. The Morgan fingerprint density at radius 1 is 0.493 bits per heavy atom. The SMILES string of the molecule is CC1C=CC(CN2c3cc(N(c4ccccc4)c4ccc(-c5ccc(N(c6ccccc6)c6ccc7c(c6)N(c6ccccc6)C/C=C\C=C/C7C)cc5)cc4)ccc3C3C=CC=CC32)=CC1. The van der Waals surface area contributed by atoms with E-state index in [1.807, 2.05) is 0 Å². The highest BCUT2D eigenvalue weighted by Crippen LogP contribution is 2.48. The van der Waals surface area contributed by atoms with E-state index >= 15 is 0 Å². The zero-order valence-corrected chi connectivity index (χ0v) is 38.3. The maximum atomic E-state index is 2.62. The predicted octanol–water partition coefficient (Wildman–Crippen LogP) is 16.6. The van der Waals surface area contributed by atoms with Gasteiger partial charge < -0.3 is 19.6 Å². The number of rotatable bonds is 10. The summed E-state index contributed by atoms with van der Waals surface area (Å²) < 4.78 is 0. The Hall–Kier alpha value is -7.82. The molecule has 7 aromatic rings. The van der Waals surface area contributed by atoms with Crippen LogP contribution in [0.1, 0.15) is 43.2 Å². The van der Waals surface area contributed by atoms with Crippen molar-refractivity contribution < 1.29 is 0 Å². The lowest BCUT2D eigenvalue weighted by molar-refractivity contribution is 0.685. The maximum absolute atomic E-state index is 2.62. The summed E-state index contributed by atoms with van der Waals surface area (Å²) in [4.78, 5) is 9.82. The van der Waals surface area contributed by atoms with Gasteiger partial charge >= 0.3 is 0 Å². The van der Waals surface area contributed by atoms with Crippen LogP contribution in [0.25, 0.3) is 11.1 Å². The summed E-state index contributed by atoms with van der Waals surface area (Å²) >= 11 is 0. The second kappa shape index (κ2) is 18.6. The fourth-order valence-electron chi connectivity index (χ4n) is 10.3. The minimum atomic E-state index is 0.253. The van der Waals surface area contributed by atoms with Crippen molar-refractivity contribution >= 4 is 51.2 Å². The van der Waals surface area contributed by atoms with Gasteiger partial charge in [-0.15, -0.1) is 0 Å². The number of para-hydroxylation sites is 3. The summed E-state index contributed by atoms with van der Waals surface area (Å²) in [5, 5.41) is 0. The Balaban J connectivity index is 0.917. The van der Waals surface area contributed by atoms with Crippen molar-refractivity contribution in [2.45, 2.75) is 38.1 Å². The van der Waals surface area contributed by atoms with Gasteiger partial charge in [-0.3, -0.25) is 0 Å². The number of benzene rings is 7. The second-order valence-corrected chi connectivity index (χ2v) is 18.2. The van der Waals surface area contributed by atoms with Gasteiger partial charge in [0.15, 0.2) is 0 Å². The highest BCUT2D eigenvalue weighted by Gasteiger charge is 2.37. The van der Waals surface area contributed by atoms with E-state index in [0.29, 0.717) is 17.9 Å². The van der Waals surface area contributed by atoms with E-state index in [-0.39, 0.29) is 5.92 Å². The van der Waals surface area contributed by atoms with Crippen molar-refractivity contribution in [1.29, 1.82) is 0 Å². The van der Waals surface area contributed by atoms with Gasteiger partial charge in [-0.2, -0.15) is 0 Å². The number of allylic oxidation sites excluding steroid dienone is 7. The molecule has 0 amide bonds. The first-order chi connectivity index (χ1) is 33.1. The molecule has 0 fully saturated rings. The van der Waals surface area contributed by atoms with E-state index in [1.54, 1.807) is 0 Å². The van der Waals surface area contributed by atoms with Gasteiger partial charge in [-0.1, -0.05) is 172 Å². The van der Waals surface area contributed by atoms with Crippen LogP contribution in [0.2, 0.25) is 0 Å². The number of fused-ring (bicyclic) bond motifs is 4. The highest BCUT2D eigenvalue weighted by atomic mass is 15.2. The molecule has 2 aliphatic carbocycles. The van der Waals surface area contributed by atoms with Gasteiger partial charge in [0.05, 0.1) is 6.04 Å². The second-order valence-electron chi connectivity index (χ2n) is 18.2. The molecule has 4 heteroatoms. The smallest absolute Gasteiger partial charge is 0.0584 e. The predicted molar refractivity (Wildman–Crippen MR) is 285 cm³/mol. The lowest BCUT2D eigenvalue weighted by atomic mass is 9.91. The lowest BCUT2D eigenvalue weighted by Crippen LogP contribution is -2.34. The first-order valence-electron chi connectivity index (χ1n) is 23.9. The average molecular weight is 869 g/mol. The molecule has 0 radical (unpaired) electrons. The number of hydrogen-bond acceptors (Lipinski definition) is 4. The van der Waals surface area contributed by atoms with Crippen molar-refractivity contribution in [3.05, 3.63) is 259 Å². The summed E-state index contributed by atoms with van der Waals surface area (Å²) in [6.45, 7) is 6.25. The molecule has 0 bridgehead atoms. The van der Waals surface area contributed by atoms with Gasteiger partial charge in [0, 0.05) is 76.1 Å². The molecular weight excluding hydrogens is 813 g/mol. The zero-order valence-electron chi connectivity index (χ0n) is 38.3. The Morgan fingerprint density at radius 3 is 1.64 bits per heavy atom. The fourth-order valence-corrected chi connectivity index (χ4v) is 10.3. The van der Waals surface area contributed by atoms with Crippen LogP contribution in [0.15, 0.2) is 248 Å². The van der Waals surface area contributed by atoms with Crippen molar-refractivity contribution in [2.24, 2.45) is 5.92 Å². The van der Waals surface area contributed by atoms with Gasteiger partial charge in [0.2, 0.25) is 0 Å². The minimum Gasteiger partial charge on any atom is -0.360 e. The van der Waals surface area contributed by atoms with Crippen LogP contribution < -0.4 is 19.6 Å². The van der Waals surface area contributed by atoms with Crippen molar-refractivity contribution in [3.8, 4) is 11.1 Å². The van der Waals surface area contributed by atoms with Gasteiger partial charge in [-0.25, -0.2) is 0 Å². The Labute approximate surface area is 396 Å². The van der Waals surface area contributed by atoms with Crippen LogP contribution in [0.3, 0.4) is 0 Å². The molecule has 0 spiro atoms. The van der Waals surface area contributed by atoms with Crippen LogP contribution in [0.4, 0.5) is 51.2 Å². The summed E-state index contributed by atoms with van der Waals surface area (Å²) in [5.41, 5.74) is 16.9. The van der Waals surface area contributed by atoms with Gasteiger partial charge in [-0.05, 0) is 125 Å². The number of nitrogens with zero attached hydrogens (tertiary/aromatic N) is 4. The molecule has 0 saturated heterocycles. The van der Waals surface area contributed by atoms with Crippen molar-refractivity contribution in [3.63, 3.8) is 0 Å². The summed E-state index contributed by atoms with van der Waals surface area (Å²) in [7, 11) is 0. The quantitative estimate of drug-likeness (QED) is 0.136. The molecule has 11 rings (SSSR count). The first kappa shape index (κ1) is 41.9. The molecule has 328 valence electrons. The molecule has 0 N–H and O–H groups in total. The molecule has 4 aliphatic rings. The molecule has 4 unspecified atom stereocenters. The molecule has 4 atom stereocenters. The maximum Gasteiger partial charge on any atom is 0.0584 e. The largest absolute Gasteiger partial charge is 0.360 e. The molecule has 2 heterocycles. The topological polar surface area (TPSA) is 13.0 Å². The minimum absolute atomic E-state index is 0.253. The Morgan fingerprint density at radius 2 is 1.03 bits per heavy atom. The summed E-state index contributed by atoms with van der Waals surface area (Å²) in [6.07, 6.45) is 26.3. The Kier molecular flexibility index (Phi) is 11.6. The third kappa shape index (κ3) is 8.48. The lowest BCUT2D eigenvalue weighted by Gasteiger charge is -2.31. The van der Waals surface area contributed by atoms with Crippen LogP contribution in [-0.2, 0) is 0 Å². The normalized spacial score (nSPS) is 20.1. The first-order valence-corrected chi connectivity index (χ1v) is 23.9. The van der Waals surface area contributed by atoms with E-state index in [4.69, 9.17) is 0 Å². The van der Waals surface area contributed by atoms with Crippen LogP contribution in [-0.4, -0.2) is 19.1 Å². The standard InChI is InChI=1S/C63H56N4/c1-46-26-28-48(29-27-46)45-65-61-25-15-14-24-59(61)60-41-39-57(44-63(60)65)67(53-22-12-5-13-23-53)55-36-32-50(33-37-55)49-30-34-54(35-31-49)66(52-20-10-4-11-21-52)56-38-40-58-47(2)17-7-6-16-42-64(62(58)43-56)51-18-8-3-9-19-51/h3-26,28-41,43-44,46-47,59,61H,27,42,45H2,1-2H3/b16-6-,17-7-. The molecule has 7 aromatic carbocycles. The third-order valence-corrected chi connectivity index (χ3v) is 13.8. The van der Waals surface area contributed by atoms with E-state index in [0.717, 1.165) is 53.6 Å². The van der Waals surface area contributed by atoms with Crippen LogP contribution >= 0.6 is 0 Å². The van der Waals surface area contributed by atoms with E-state index in [1.165, 1.54) is 44.9 Å². The molecule has 2 aliphatic heterocycles. The van der Waals surface area contributed by atoms with E-state index < -0.39 is 0 Å². The number of hydrogen-bond donors (Lipinski definition) is 0. The summed E-state index contributed by atoms with van der Waals surface area (Å²) in [5.74, 6) is 1.19. The molecule has 4 nitrogen and oxygen atoms in total. The van der Waals surface area contributed by atoms with Gasteiger partial charge in [0.25, 0.3) is 0 Å². The highest BCUT2D eigenvalue weighted by molar-refractivity contribution is 5.84. The zero-order chi connectivity index (χ0) is 45.1. The average Bonchev–Trinajstić information content (AvgIpc) is 3.72. The van der Waals surface area contributed by atoms with Crippen LogP contribution in [0.5, 0.6) is 0 Å². The molecule has 0 saturated carbocycles. The molecule has 0 aromatic heterocycles. The fraction of sp³-hybridized carbons (Fsp3) is 0.143. The third-order valence-electron chi connectivity index (χ3n) is 13.8. The number of anilines is 9. The Bertz CT molecular complexity index is 3030. The monoisotopic (exact) mass is 868 g/mol. The van der Waals surface area contributed by atoms with Crippen molar-refractivity contribution in [1.82, 2.24) is 0 Å². The summed E-state index contributed by atoms with van der Waals surface area (Å²) in [6, 6.07) is 64.7. The van der Waals surface area contributed by atoms with E-state index in [2.05, 4.69) is 276 Å². The molecule has 67 heavy (non-hydrogen) atoms. The van der Waals surface area contributed by atoms with Crippen LogP contribution in [0, 0.1) is 5.92 Å². The van der Waals surface area contributed by atoms with Crippen molar-refractivity contribution in [2.75, 3.05) is 32.7 Å².